The number of carbonyl (C=O) groups is 1. The summed E-state index contributed by atoms with van der Waals surface area (Å²) in [7, 11) is 0. The van der Waals surface area contributed by atoms with Crippen LogP contribution in [0.2, 0.25) is 0 Å². The minimum Gasteiger partial charge on any atom is -0.484 e. The van der Waals surface area contributed by atoms with Crippen LogP contribution in [-0.2, 0) is 4.79 Å². The maximum absolute atomic E-state index is 12.8. The molecule has 9 heteroatoms. The van der Waals surface area contributed by atoms with Crippen molar-refractivity contribution in [1.29, 1.82) is 0 Å². The molecule has 1 aliphatic heterocycles. The van der Waals surface area contributed by atoms with Crippen molar-refractivity contribution in [3.8, 4) is 5.75 Å². The highest BCUT2D eigenvalue weighted by atomic mass is 79.9. The van der Waals surface area contributed by atoms with Crippen LogP contribution in [0.5, 0.6) is 5.75 Å². The molecule has 0 unspecified atom stereocenters. The Balaban J connectivity index is 2.05. The molecular weight excluding hydrogens is 357 g/mol. The molecular formula is C12H10BrF3N2O3. The summed E-state index contributed by atoms with van der Waals surface area (Å²) >= 11 is 3.19. The molecule has 0 aromatic heterocycles. The van der Waals surface area contributed by atoms with Crippen molar-refractivity contribution in [2.24, 2.45) is 5.10 Å². The SMILES string of the molecule is O=C(COc1cccc(Br)c1)N1N=CC[C@]1(O)C(F)(F)F. The quantitative estimate of drug-likeness (QED) is 0.892. The van der Waals surface area contributed by atoms with E-state index in [1.54, 1.807) is 24.3 Å². The monoisotopic (exact) mass is 366 g/mol. The van der Waals surface area contributed by atoms with E-state index in [1.165, 1.54) is 0 Å². The number of benzene rings is 1. The second-order valence-corrected chi connectivity index (χ2v) is 5.18. The lowest BCUT2D eigenvalue weighted by molar-refractivity contribution is -0.302. The third kappa shape index (κ3) is 3.18. The zero-order chi connectivity index (χ0) is 15.7. The van der Waals surface area contributed by atoms with Gasteiger partial charge in [0.25, 0.3) is 11.6 Å². The van der Waals surface area contributed by atoms with Crippen LogP contribution in [0.25, 0.3) is 0 Å². The van der Waals surface area contributed by atoms with E-state index in [1.807, 2.05) is 0 Å². The predicted molar refractivity (Wildman–Crippen MR) is 70.6 cm³/mol. The van der Waals surface area contributed by atoms with E-state index in [-0.39, 0.29) is 5.01 Å². The molecule has 1 aromatic carbocycles. The Hall–Kier alpha value is -1.61. The van der Waals surface area contributed by atoms with Crippen molar-refractivity contribution < 1.29 is 27.8 Å². The molecule has 2 rings (SSSR count). The summed E-state index contributed by atoms with van der Waals surface area (Å²) < 4.78 is 44.2. The van der Waals surface area contributed by atoms with E-state index in [4.69, 9.17) is 4.74 Å². The Labute approximate surface area is 126 Å². The van der Waals surface area contributed by atoms with Crippen molar-refractivity contribution in [1.82, 2.24) is 5.01 Å². The predicted octanol–water partition coefficient (Wildman–Crippen LogP) is 2.30. The Morgan fingerprint density at radius 3 is 2.86 bits per heavy atom. The fourth-order valence-electron chi connectivity index (χ4n) is 1.70. The Morgan fingerprint density at radius 1 is 1.52 bits per heavy atom. The van der Waals surface area contributed by atoms with Gasteiger partial charge in [-0.1, -0.05) is 22.0 Å². The van der Waals surface area contributed by atoms with Gasteiger partial charge in [-0.3, -0.25) is 4.79 Å². The molecule has 0 spiro atoms. The molecule has 0 saturated heterocycles. The lowest BCUT2D eigenvalue weighted by Gasteiger charge is -2.32. The first-order chi connectivity index (χ1) is 9.74. The molecule has 1 N–H and O–H groups in total. The number of alkyl halides is 3. The molecule has 1 amide bonds. The van der Waals surface area contributed by atoms with Crippen molar-refractivity contribution >= 4 is 28.1 Å². The van der Waals surface area contributed by atoms with Crippen LogP contribution in [-0.4, -0.2) is 40.7 Å². The molecule has 1 aliphatic rings. The fraction of sp³-hybridized carbons (Fsp3) is 0.333. The molecule has 0 saturated carbocycles. The van der Waals surface area contributed by atoms with Crippen LogP contribution in [0.15, 0.2) is 33.8 Å². The van der Waals surface area contributed by atoms with Gasteiger partial charge in [0.05, 0.1) is 0 Å². The first-order valence-electron chi connectivity index (χ1n) is 5.77. The zero-order valence-electron chi connectivity index (χ0n) is 10.5. The first-order valence-corrected chi connectivity index (χ1v) is 6.56. The topological polar surface area (TPSA) is 62.1 Å². The second-order valence-electron chi connectivity index (χ2n) is 4.27. The van der Waals surface area contributed by atoms with Gasteiger partial charge < -0.3 is 9.84 Å². The van der Waals surface area contributed by atoms with Crippen molar-refractivity contribution in [2.75, 3.05) is 6.61 Å². The lowest BCUT2D eigenvalue weighted by atomic mass is 10.1. The van der Waals surface area contributed by atoms with Gasteiger partial charge in [0.2, 0.25) is 0 Å². The normalized spacial score (nSPS) is 21.7. The molecule has 1 heterocycles. The molecule has 0 aliphatic carbocycles. The zero-order valence-corrected chi connectivity index (χ0v) is 12.1. The Kier molecular flexibility index (Phi) is 4.24. The van der Waals surface area contributed by atoms with E-state index < -0.39 is 30.8 Å². The van der Waals surface area contributed by atoms with E-state index in [0.717, 1.165) is 6.21 Å². The summed E-state index contributed by atoms with van der Waals surface area (Å²) in [6.45, 7) is -0.674. The van der Waals surface area contributed by atoms with Crippen LogP contribution in [0.1, 0.15) is 6.42 Å². The van der Waals surface area contributed by atoms with Crippen LogP contribution >= 0.6 is 15.9 Å². The number of aliphatic hydroxyl groups is 1. The number of hydrazone groups is 1. The summed E-state index contributed by atoms with van der Waals surface area (Å²) in [5.74, 6) is -0.792. The highest BCUT2D eigenvalue weighted by Gasteiger charge is 2.61. The molecule has 1 atom stereocenters. The van der Waals surface area contributed by atoms with Gasteiger partial charge in [0.1, 0.15) is 5.75 Å². The molecule has 114 valence electrons. The average Bonchev–Trinajstić information content (AvgIpc) is 2.79. The average molecular weight is 367 g/mol. The number of hydrogen-bond donors (Lipinski definition) is 1. The number of halogens is 4. The van der Waals surface area contributed by atoms with Gasteiger partial charge in [-0.05, 0) is 18.2 Å². The van der Waals surface area contributed by atoms with Gasteiger partial charge in [-0.2, -0.15) is 23.3 Å². The van der Waals surface area contributed by atoms with Gasteiger partial charge in [0.15, 0.2) is 6.61 Å². The maximum Gasteiger partial charge on any atom is 0.438 e. The maximum atomic E-state index is 12.8. The number of hydrogen-bond acceptors (Lipinski definition) is 4. The molecule has 21 heavy (non-hydrogen) atoms. The molecule has 0 radical (unpaired) electrons. The smallest absolute Gasteiger partial charge is 0.438 e. The van der Waals surface area contributed by atoms with E-state index in [9.17, 15) is 23.1 Å². The second kappa shape index (κ2) is 5.64. The summed E-state index contributed by atoms with van der Waals surface area (Å²) in [5, 5.41) is 12.9. The van der Waals surface area contributed by atoms with Crippen LogP contribution in [0.4, 0.5) is 13.2 Å². The van der Waals surface area contributed by atoms with Gasteiger partial charge in [-0.25, -0.2) is 0 Å². The van der Waals surface area contributed by atoms with Crippen LogP contribution < -0.4 is 4.74 Å². The van der Waals surface area contributed by atoms with Crippen molar-refractivity contribution in [3.05, 3.63) is 28.7 Å². The summed E-state index contributed by atoms with van der Waals surface area (Å²) in [6.07, 6.45) is -4.97. The third-order valence-corrected chi connectivity index (χ3v) is 3.27. The summed E-state index contributed by atoms with van der Waals surface area (Å²) in [5.41, 5.74) is -3.31. The Morgan fingerprint density at radius 2 is 2.24 bits per heavy atom. The van der Waals surface area contributed by atoms with Gasteiger partial charge in [-0.15, -0.1) is 0 Å². The lowest BCUT2D eigenvalue weighted by Crippen LogP contribution is -2.57. The number of ether oxygens (including phenoxy) is 1. The summed E-state index contributed by atoms with van der Waals surface area (Å²) in [6, 6.07) is 6.46. The summed E-state index contributed by atoms with van der Waals surface area (Å²) in [4.78, 5) is 11.8. The minimum absolute atomic E-state index is 0.00495. The Bertz CT molecular complexity index is 579. The van der Waals surface area contributed by atoms with E-state index >= 15 is 0 Å². The molecule has 5 nitrogen and oxygen atoms in total. The minimum atomic E-state index is -5.01. The third-order valence-electron chi connectivity index (χ3n) is 2.77. The van der Waals surface area contributed by atoms with Crippen LogP contribution in [0.3, 0.4) is 0 Å². The largest absolute Gasteiger partial charge is 0.484 e. The van der Waals surface area contributed by atoms with Crippen LogP contribution in [0, 0.1) is 0 Å². The van der Waals surface area contributed by atoms with E-state index in [2.05, 4.69) is 21.0 Å². The molecule has 0 fully saturated rings. The van der Waals surface area contributed by atoms with Gasteiger partial charge >= 0.3 is 6.18 Å². The number of amides is 1. The number of carbonyl (C=O) groups excluding carboxylic acids is 1. The fourth-order valence-corrected chi connectivity index (χ4v) is 2.08. The van der Waals surface area contributed by atoms with Gasteiger partial charge in [0, 0.05) is 17.1 Å². The van der Waals surface area contributed by atoms with Crippen molar-refractivity contribution in [3.63, 3.8) is 0 Å². The van der Waals surface area contributed by atoms with E-state index in [0.29, 0.717) is 10.2 Å². The molecule has 0 bridgehead atoms. The first kappa shape index (κ1) is 15.8. The number of nitrogens with zero attached hydrogens (tertiary/aromatic N) is 2. The highest BCUT2D eigenvalue weighted by Crippen LogP contribution is 2.38. The highest BCUT2D eigenvalue weighted by molar-refractivity contribution is 9.10. The number of rotatable bonds is 3. The van der Waals surface area contributed by atoms with Crippen molar-refractivity contribution in [2.45, 2.75) is 18.3 Å². The standard InChI is InChI=1S/C12H10BrF3N2O3/c13-8-2-1-3-9(6-8)21-7-10(19)18-11(20,4-5-17-18)12(14,15)16/h1-3,5-6,20H,4,7H2/t11-/m0/s1. The molecule has 1 aromatic rings.